The number of anilines is 1. The van der Waals surface area contributed by atoms with Crippen LogP contribution >= 0.6 is 0 Å². The van der Waals surface area contributed by atoms with Gasteiger partial charge in [0.25, 0.3) is 5.91 Å². The lowest BCUT2D eigenvalue weighted by molar-refractivity contribution is 0.0996. The van der Waals surface area contributed by atoms with Crippen LogP contribution in [-0.4, -0.2) is 15.9 Å². The molecule has 0 saturated heterocycles. The molecule has 1 aromatic carbocycles. The summed E-state index contributed by atoms with van der Waals surface area (Å²) in [6, 6.07) is 12.2. The number of hydrogen-bond donors (Lipinski definition) is 1. The number of carbonyl (C=O) groups is 1. The molecule has 0 aliphatic rings. The molecule has 1 amide bonds. The average Bonchev–Trinajstić information content (AvgIpc) is 3.18. The van der Waals surface area contributed by atoms with E-state index in [0.29, 0.717) is 17.3 Å². The molecule has 0 atom stereocenters. The summed E-state index contributed by atoms with van der Waals surface area (Å²) in [5.41, 5.74) is 1.60. The number of ether oxygens (including phenoxy) is 1. The van der Waals surface area contributed by atoms with Crippen molar-refractivity contribution in [2.24, 2.45) is 0 Å². The van der Waals surface area contributed by atoms with E-state index in [1.165, 1.54) is 6.26 Å². The highest BCUT2D eigenvalue weighted by molar-refractivity contribution is 6.02. The van der Waals surface area contributed by atoms with E-state index in [9.17, 15) is 4.79 Å². The van der Waals surface area contributed by atoms with Crippen LogP contribution < -0.4 is 10.1 Å². The number of hydrogen-bond acceptors (Lipinski definition) is 5. The zero-order valence-electron chi connectivity index (χ0n) is 15.9. The van der Waals surface area contributed by atoms with Gasteiger partial charge in [-0.2, -0.15) is 4.98 Å². The van der Waals surface area contributed by atoms with Crippen LogP contribution in [0.3, 0.4) is 0 Å². The van der Waals surface area contributed by atoms with Crippen molar-refractivity contribution < 1.29 is 13.9 Å². The molecule has 140 valence electrons. The second-order valence-electron chi connectivity index (χ2n) is 6.86. The van der Waals surface area contributed by atoms with Gasteiger partial charge in [0.1, 0.15) is 11.6 Å². The second kappa shape index (κ2) is 8.03. The Morgan fingerprint density at radius 1 is 1.04 bits per heavy atom. The molecule has 0 radical (unpaired) electrons. The van der Waals surface area contributed by atoms with Gasteiger partial charge in [-0.05, 0) is 42.3 Å². The van der Waals surface area contributed by atoms with Crippen LogP contribution in [0.2, 0.25) is 0 Å². The van der Waals surface area contributed by atoms with Crippen molar-refractivity contribution in [3.05, 3.63) is 66.0 Å². The van der Waals surface area contributed by atoms with Gasteiger partial charge in [0.2, 0.25) is 5.88 Å². The van der Waals surface area contributed by atoms with Gasteiger partial charge in [-0.1, -0.05) is 27.7 Å². The summed E-state index contributed by atoms with van der Waals surface area (Å²) in [5, 5.41) is 2.77. The van der Waals surface area contributed by atoms with Crippen molar-refractivity contribution in [1.29, 1.82) is 0 Å². The zero-order valence-corrected chi connectivity index (χ0v) is 15.9. The highest BCUT2D eigenvalue weighted by Gasteiger charge is 2.12. The summed E-state index contributed by atoms with van der Waals surface area (Å²) in [6.45, 7) is 8.29. The minimum Gasteiger partial charge on any atom is -0.459 e. The van der Waals surface area contributed by atoms with E-state index in [0.717, 1.165) is 11.5 Å². The Hall–Kier alpha value is -3.15. The smallest absolute Gasteiger partial charge is 0.291 e. The third-order valence-electron chi connectivity index (χ3n) is 3.93. The van der Waals surface area contributed by atoms with Crippen molar-refractivity contribution in [3.8, 4) is 11.6 Å². The van der Waals surface area contributed by atoms with Crippen molar-refractivity contribution >= 4 is 11.6 Å². The molecule has 2 aromatic heterocycles. The number of amides is 1. The molecule has 3 rings (SSSR count). The van der Waals surface area contributed by atoms with Crippen LogP contribution in [0.4, 0.5) is 5.69 Å². The first kappa shape index (κ1) is 18.6. The number of nitrogens with one attached hydrogen (secondary N) is 1. The Kier molecular flexibility index (Phi) is 5.54. The molecule has 6 nitrogen and oxygen atoms in total. The van der Waals surface area contributed by atoms with E-state index >= 15 is 0 Å². The van der Waals surface area contributed by atoms with Gasteiger partial charge in [-0.15, -0.1) is 0 Å². The Morgan fingerprint density at radius 2 is 1.78 bits per heavy atom. The summed E-state index contributed by atoms with van der Waals surface area (Å²) in [7, 11) is 0. The Labute approximate surface area is 158 Å². The molecule has 0 unspecified atom stereocenters. The maximum atomic E-state index is 12.0. The van der Waals surface area contributed by atoms with Crippen LogP contribution in [0.1, 0.15) is 61.6 Å². The molecule has 3 aromatic rings. The maximum Gasteiger partial charge on any atom is 0.291 e. The first-order valence-corrected chi connectivity index (χ1v) is 8.94. The van der Waals surface area contributed by atoms with E-state index in [4.69, 9.17) is 9.15 Å². The van der Waals surface area contributed by atoms with Crippen LogP contribution in [0, 0.1) is 0 Å². The number of benzene rings is 1. The van der Waals surface area contributed by atoms with Gasteiger partial charge >= 0.3 is 0 Å². The van der Waals surface area contributed by atoms with Crippen LogP contribution in [0.15, 0.2) is 53.1 Å². The van der Waals surface area contributed by atoms with E-state index < -0.39 is 0 Å². The molecule has 27 heavy (non-hydrogen) atoms. The molecular formula is C21H23N3O3. The minimum absolute atomic E-state index is 0.213. The summed E-state index contributed by atoms with van der Waals surface area (Å²) < 4.78 is 11.0. The number of aromatic nitrogens is 2. The van der Waals surface area contributed by atoms with Gasteiger partial charge < -0.3 is 14.5 Å². The third-order valence-corrected chi connectivity index (χ3v) is 3.93. The first-order chi connectivity index (χ1) is 12.9. The molecule has 0 spiro atoms. The highest BCUT2D eigenvalue weighted by atomic mass is 16.5. The zero-order chi connectivity index (χ0) is 19.4. The van der Waals surface area contributed by atoms with Gasteiger partial charge in [0.05, 0.1) is 12.0 Å². The molecule has 0 bridgehead atoms. The summed E-state index contributed by atoms with van der Waals surface area (Å²) >= 11 is 0. The van der Waals surface area contributed by atoms with E-state index in [1.54, 1.807) is 36.4 Å². The van der Waals surface area contributed by atoms with Crippen molar-refractivity contribution in [1.82, 2.24) is 9.97 Å². The fourth-order valence-corrected chi connectivity index (χ4v) is 2.39. The lowest BCUT2D eigenvalue weighted by Gasteiger charge is -2.13. The number of carbonyl (C=O) groups excluding carboxylic acids is 1. The van der Waals surface area contributed by atoms with E-state index in [1.807, 2.05) is 6.07 Å². The topological polar surface area (TPSA) is 77.2 Å². The van der Waals surface area contributed by atoms with Gasteiger partial charge in [-0.25, -0.2) is 4.98 Å². The fraction of sp³-hybridized carbons (Fsp3) is 0.286. The predicted octanol–water partition coefficient (Wildman–Crippen LogP) is 5.36. The Bertz CT molecular complexity index is 875. The molecule has 6 heteroatoms. The Balaban J connectivity index is 1.73. The molecule has 0 aliphatic carbocycles. The van der Waals surface area contributed by atoms with Crippen molar-refractivity contribution in [3.63, 3.8) is 0 Å². The molecule has 2 heterocycles. The monoisotopic (exact) mass is 365 g/mol. The number of furan rings is 1. The van der Waals surface area contributed by atoms with E-state index in [2.05, 4.69) is 43.0 Å². The molecule has 0 aliphatic heterocycles. The maximum absolute atomic E-state index is 12.0. The van der Waals surface area contributed by atoms with Gasteiger partial charge in [-0.3, -0.25) is 4.79 Å². The third kappa shape index (κ3) is 4.73. The molecule has 1 N–H and O–H groups in total. The van der Waals surface area contributed by atoms with Gasteiger partial charge in [0, 0.05) is 17.7 Å². The first-order valence-electron chi connectivity index (χ1n) is 8.94. The highest BCUT2D eigenvalue weighted by Crippen LogP contribution is 2.26. The SMILES string of the molecule is CC(C)c1cc(Oc2ccc(NC(=O)c3ccco3)cc2)nc(C(C)C)n1. The lowest BCUT2D eigenvalue weighted by atomic mass is 10.1. The average molecular weight is 365 g/mol. The van der Waals surface area contributed by atoms with Crippen LogP contribution in [0.5, 0.6) is 11.6 Å². The predicted molar refractivity (Wildman–Crippen MR) is 103 cm³/mol. The molecule has 0 fully saturated rings. The lowest BCUT2D eigenvalue weighted by Crippen LogP contribution is -2.10. The fourth-order valence-electron chi connectivity index (χ4n) is 2.39. The minimum atomic E-state index is -0.299. The van der Waals surface area contributed by atoms with Crippen LogP contribution in [0.25, 0.3) is 0 Å². The molecular weight excluding hydrogens is 342 g/mol. The second-order valence-corrected chi connectivity index (χ2v) is 6.86. The van der Waals surface area contributed by atoms with Crippen molar-refractivity contribution in [2.45, 2.75) is 39.5 Å². The van der Waals surface area contributed by atoms with Crippen molar-refractivity contribution in [2.75, 3.05) is 5.32 Å². The number of nitrogens with zero attached hydrogens (tertiary/aromatic N) is 2. The summed E-state index contributed by atoms with van der Waals surface area (Å²) in [5.74, 6) is 2.38. The quantitative estimate of drug-likeness (QED) is 0.636. The Morgan fingerprint density at radius 3 is 2.37 bits per heavy atom. The van der Waals surface area contributed by atoms with Gasteiger partial charge in [0.15, 0.2) is 5.76 Å². The van der Waals surface area contributed by atoms with E-state index in [-0.39, 0.29) is 23.5 Å². The summed E-state index contributed by atoms with van der Waals surface area (Å²) in [4.78, 5) is 21.1. The normalized spacial score (nSPS) is 11.0. The van der Waals surface area contributed by atoms with Crippen LogP contribution in [-0.2, 0) is 0 Å². The standard InChI is InChI=1S/C21H23N3O3/c1-13(2)17-12-19(24-20(23-17)14(3)4)27-16-9-7-15(8-10-16)22-21(25)18-6-5-11-26-18/h5-14H,1-4H3,(H,22,25). The largest absolute Gasteiger partial charge is 0.459 e. The molecule has 0 saturated carbocycles. The number of rotatable bonds is 6. The summed E-state index contributed by atoms with van der Waals surface area (Å²) in [6.07, 6.45) is 1.46.